The van der Waals surface area contributed by atoms with Crippen LogP contribution in [0, 0.1) is 5.92 Å². The summed E-state index contributed by atoms with van der Waals surface area (Å²) < 4.78 is 1.00. The van der Waals surface area contributed by atoms with Gasteiger partial charge in [-0.05, 0) is 13.0 Å². The highest BCUT2D eigenvalue weighted by atomic mass is 16.4. The van der Waals surface area contributed by atoms with E-state index in [1.807, 2.05) is 6.08 Å². The van der Waals surface area contributed by atoms with E-state index in [9.17, 15) is 0 Å². The highest BCUT2D eigenvalue weighted by Gasteiger charge is 2.38. The lowest BCUT2D eigenvalue weighted by molar-refractivity contribution is -0.930. The molecule has 1 aliphatic heterocycles. The Morgan fingerprint density at radius 3 is 2.79 bits per heavy atom. The number of piperidine rings is 1. The molecule has 1 heterocycles. The van der Waals surface area contributed by atoms with E-state index in [4.69, 9.17) is 5.21 Å². The molecule has 3 atom stereocenters. The van der Waals surface area contributed by atoms with E-state index in [2.05, 4.69) is 32.6 Å². The molecule has 0 aromatic carbocycles. The number of quaternary nitrogens is 1. The van der Waals surface area contributed by atoms with Crippen molar-refractivity contribution in [3.05, 3.63) is 12.7 Å². The summed E-state index contributed by atoms with van der Waals surface area (Å²) in [6.07, 6.45) is 2.87. The van der Waals surface area contributed by atoms with Gasteiger partial charge in [-0.25, -0.2) is 0 Å². The maximum Gasteiger partial charge on any atom is 0.0971 e. The molecule has 14 heavy (non-hydrogen) atoms. The first-order valence-electron chi connectivity index (χ1n) is 5.19. The van der Waals surface area contributed by atoms with E-state index in [0.717, 1.165) is 29.7 Å². The van der Waals surface area contributed by atoms with Gasteiger partial charge >= 0.3 is 0 Å². The van der Waals surface area contributed by atoms with Crippen molar-refractivity contribution in [1.82, 2.24) is 0 Å². The van der Waals surface area contributed by atoms with Gasteiger partial charge in [-0.2, -0.15) is 0 Å². The zero-order valence-corrected chi connectivity index (χ0v) is 9.40. The van der Waals surface area contributed by atoms with Crippen LogP contribution < -0.4 is 0 Å². The van der Waals surface area contributed by atoms with Crippen LogP contribution in [0.25, 0.3) is 0 Å². The van der Waals surface area contributed by atoms with Crippen molar-refractivity contribution in [2.75, 3.05) is 20.1 Å². The normalized spacial score (nSPS) is 41.2. The van der Waals surface area contributed by atoms with Gasteiger partial charge in [0.2, 0.25) is 0 Å². The van der Waals surface area contributed by atoms with Gasteiger partial charge in [0.15, 0.2) is 0 Å². The Morgan fingerprint density at radius 1 is 1.64 bits per heavy atom. The summed E-state index contributed by atoms with van der Waals surface area (Å²) in [5.41, 5.74) is 0.942. The van der Waals surface area contributed by atoms with Gasteiger partial charge in [0.1, 0.15) is 0 Å². The quantitative estimate of drug-likeness (QED) is 0.312. The van der Waals surface area contributed by atoms with Crippen LogP contribution in [0.4, 0.5) is 0 Å². The molecule has 3 heteroatoms. The second-order valence-electron chi connectivity index (χ2n) is 4.68. The highest BCUT2D eigenvalue weighted by molar-refractivity contribution is 5.86. The average molecular weight is 197 g/mol. The third kappa shape index (κ3) is 1.98. The summed E-state index contributed by atoms with van der Waals surface area (Å²) in [5, 5.41) is 12.2. The summed E-state index contributed by atoms with van der Waals surface area (Å²) in [6, 6.07) is 0.509. The Balaban J connectivity index is 2.80. The van der Waals surface area contributed by atoms with Gasteiger partial charge in [0.25, 0.3) is 0 Å². The Kier molecular flexibility index (Phi) is 3.32. The van der Waals surface area contributed by atoms with Crippen LogP contribution >= 0.6 is 0 Å². The third-order valence-corrected chi connectivity index (χ3v) is 3.50. The fraction of sp³-hybridized carbons (Fsp3) is 0.727. The van der Waals surface area contributed by atoms with Crippen LogP contribution in [0.1, 0.15) is 20.3 Å². The van der Waals surface area contributed by atoms with Gasteiger partial charge in [-0.3, -0.25) is 0 Å². The van der Waals surface area contributed by atoms with Gasteiger partial charge in [0, 0.05) is 12.3 Å². The first kappa shape index (κ1) is 11.2. The van der Waals surface area contributed by atoms with Crippen LogP contribution in [0.3, 0.4) is 0 Å². The number of nitrogens with zero attached hydrogens (tertiary/aromatic N) is 2. The molecule has 1 rings (SSSR count). The van der Waals surface area contributed by atoms with Crippen molar-refractivity contribution in [3.63, 3.8) is 0 Å². The minimum absolute atomic E-state index is 0.376. The van der Waals surface area contributed by atoms with Crippen LogP contribution in [0.5, 0.6) is 0 Å². The Labute approximate surface area is 86.3 Å². The molecule has 1 aliphatic rings. The minimum Gasteiger partial charge on any atom is -0.411 e. The number of likely N-dealkylation sites (tertiary alicyclic amines) is 1. The van der Waals surface area contributed by atoms with Gasteiger partial charge in [-0.1, -0.05) is 18.7 Å². The topological polar surface area (TPSA) is 32.6 Å². The summed E-state index contributed by atoms with van der Waals surface area (Å²) in [7, 11) is 2.25. The van der Waals surface area contributed by atoms with Crippen molar-refractivity contribution in [3.8, 4) is 0 Å². The lowest BCUT2D eigenvalue weighted by Gasteiger charge is -2.45. The first-order valence-corrected chi connectivity index (χ1v) is 5.19. The summed E-state index contributed by atoms with van der Waals surface area (Å²) in [5.74, 6) is 0.376. The predicted molar refractivity (Wildman–Crippen MR) is 58.6 cm³/mol. The molecule has 0 aromatic heterocycles. The highest BCUT2D eigenvalue weighted by Crippen LogP contribution is 2.25. The molecule has 1 N–H and O–H groups in total. The summed E-state index contributed by atoms with van der Waals surface area (Å²) >= 11 is 0. The first-order chi connectivity index (χ1) is 6.53. The van der Waals surface area contributed by atoms with Crippen LogP contribution in [-0.4, -0.2) is 41.6 Å². The standard InChI is InChI=1S/C11H20N2O/c1-5-6-13(4)8-9(2)11(12-14)7-10(13)3/h5,9-10H,1,6-8H2,2-4H3/p+1/t9-,10-,13-/m1/s1. The zero-order valence-electron chi connectivity index (χ0n) is 9.40. The SMILES string of the molecule is C=CC[N@+]1(C)C[C@@H](C)C(=NO)C[C@H]1C. The molecule has 0 unspecified atom stereocenters. The molecule has 0 radical (unpaired) electrons. The lowest BCUT2D eigenvalue weighted by Crippen LogP contribution is -2.58. The zero-order chi connectivity index (χ0) is 10.8. The summed E-state index contributed by atoms with van der Waals surface area (Å²) in [4.78, 5) is 0. The van der Waals surface area contributed by atoms with Crippen LogP contribution in [0.15, 0.2) is 17.8 Å². The molecular formula is C11H21N2O+. The molecular weight excluding hydrogens is 176 g/mol. The van der Waals surface area contributed by atoms with Crippen molar-refractivity contribution in [1.29, 1.82) is 0 Å². The van der Waals surface area contributed by atoms with Crippen molar-refractivity contribution < 1.29 is 9.69 Å². The second kappa shape index (κ2) is 4.13. The predicted octanol–water partition coefficient (Wildman–Crippen LogP) is 1.88. The van der Waals surface area contributed by atoms with E-state index in [1.165, 1.54) is 0 Å². The van der Waals surface area contributed by atoms with E-state index in [1.54, 1.807) is 0 Å². The number of rotatable bonds is 2. The van der Waals surface area contributed by atoms with Crippen molar-refractivity contribution >= 4 is 5.71 Å². The van der Waals surface area contributed by atoms with Gasteiger partial charge < -0.3 is 9.69 Å². The maximum absolute atomic E-state index is 8.84. The monoisotopic (exact) mass is 197 g/mol. The molecule has 0 amide bonds. The minimum atomic E-state index is 0.376. The van der Waals surface area contributed by atoms with Crippen molar-refractivity contribution in [2.24, 2.45) is 11.1 Å². The molecule has 3 nitrogen and oxygen atoms in total. The molecule has 1 saturated heterocycles. The van der Waals surface area contributed by atoms with Gasteiger partial charge in [-0.15, -0.1) is 0 Å². The lowest BCUT2D eigenvalue weighted by atomic mass is 9.90. The Bertz CT molecular complexity index is 250. The number of hydrogen-bond donors (Lipinski definition) is 1. The van der Waals surface area contributed by atoms with Crippen LogP contribution in [-0.2, 0) is 0 Å². The van der Waals surface area contributed by atoms with E-state index in [-0.39, 0.29) is 0 Å². The number of oxime groups is 1. The molecule has 0 aliphatic carbocycles. The molecule has 80 valence electrons. The fourth-order valence-electron chi connectivity index (χ4n) is 2.32. The third-order valence-electron chi connectivity index (χ3n) is 3.50. The Hall–Kier alpha value is -0.830. The molecule has 0 spiro atoms. The largest absolute Gasteiger partial charge is 0.411 e. The van der Waals surface area contributed by atoms with E-state index < -0.39 is 0 Å². The second-order valence-corrected chi connectivity index (χ2v) is 4.68. The molecule has 0 saturated carbocycles. The van der Waals surface area contributed by atoms with E-state index in [0.29, 0.717) is 12.0 Å². The van der Waals surface area contributed by atoms with Crippen LogP contribution in [0.2, 0.25) is 0 Å². The van der Waals surface area contributed by atoms with Gasteiger partial charge in [0.05, 0.1) is 31.9 Å². The average Bonchev–Trinajstić information content (AvgIpc) is 2.11. The maximum atomic E-state index is 8.84. The molecule has 1 fully saturated rings. The fourth-order valence-corrected chi connectivity index (χ4v) is 2.32. The smallest absolute Gasteiger partial charge is 0.0971 e. The number of hydrogen-bond acceptors (Lipinski definition) is 2. The number of likely N-dealkylation sites (N-methyl/N-ethyl adjacent to an activating group) is 1. The van der Waals surface area contributed by atoms with E-state index >= 15 is 0 Å². The summed E-state index contributed by atoms with van der Waals surface area (Å²) in [6.45, 7) is 10.2. The molecule has 0 bridgehead atoms. The Morgan fingerprint density at radius 2 is 2.29 bits per heavy atom. The van der Waals surface area contributed by atoms with Crippen molar-refractivity contribution in [2.45, 2.75) is 26.3 Å². The molecule has 0 aromatic rings.